The Labute approximate surface area is 291 Å². The van der Waals surface area contributed by atoms with Crippen molar-refractivity contribution in [2.24, 2.45) is 0 Å². The van der Waals surface area contributed by atoms with Crippen molar-refractivity contribution in [3.8, 4) is 11.3 Å². The normalized spacial score (nSPS) is 14.7. The van der Waals surface area contributed by atoms with Crippen molar-refractivity contribution in [1.82, 2.24) is 43.4 Å². The van der Waals surface area contributed by atoms with Crippen LogP contribution in [-0.4, -0.2) is 56.5 Å². The number of hydrogen-bond acceptors (Lipinski definition) is 8. The molecule has 43 heavy (non-hydrogen) atoms. The van der Waals surface area contributed by atoms with Crippen molar-refractivity contribution < 1.29 is 4.39 Å². The maximum atomic E-state index is 14.5. The molecule has 1 aromatic carbocycles. The van der Waals surface area contributed by atoms with Crippen LogP contribution in [0.15, 0.2) is 43.0 Å². The number of H-pyrrole nitrogens is 1. The van der Waals surface area contributed by atoms with E-state index in [1.54, 1.807) is 17.7 Å². The molecule has 1 aliphatic rings. The highest BCUT2D eigenvalue weighted by Gasteiger charge is 2.26. The second-order valence-electron chi connectivity index (χ2n) is 10.7. The van der Waals surface area contributed by atoms with Crippen LogP contribution in [0.3, 0.4) is 0 Å². The highest BCUT2D eigenvalue weighted by atomic mass is 127. The zero-order valence-electron chi connectivity index (χ0n) is 23.0. The second-order valence-corrected chi connectivity index (χ2v) is 22.5. The van der Waals surface area contributed by atoms with E-state index in [-0.39, 0.29) is 5.25 Å². The molecule has 0 atom stereocenters. The zero-order chi connectivity index (χ0) is 29.7. The van der Waals surface area contributed by atoms with Crippen molar-refractivity contribution in [3.63, 3.8) is 0 Å². The smallest absolute Gasteiger partial charge is 0.180 e. The van der Waals surface area contributed by atoms with Crippen LogP contribution in [0, 0.1) is 12.7 Å². The Bertz CT molecular complexity index is 1930. The van der Waals surface area contributed by atoms with Crippen molar-refractivity contribution in [1.29, 1.82) is 0 Å². The highest BCUT2D eigenvalue weighted by Crippen LogP contribution is 2.46. The van der Waals surface area contributed by atoms with Gasteiger partial charge < -0.3 is 10.3 Å². The van der Waals surface area contributed by atoms with Crippen molar-refractivity contribution >= 4 is 107 Å². The van der Waals surface area contributed by atoms with Gasteiger partial charge in [-0.2, -0.15) is 9.47 Å². The van der Waals surface area contributed by atoms with Crippen LogP contribution >= 0.6 is 79.3 Å². The Hall–Kier alpha value is -1.97. The molecule has 5 aromatic heterocycles. The summed E-state index contributed by atoms with van der Waals surface area (Å²) in [5, 5.41) is 9.02. The van der Waals surface area contributed by atoms with E-state index in [1.165, 1.54) is 30.8 Å². The average Bonchev–Trinajstić information content (AvgIpc) is 3.78. The first kappa shape index (κ1) is 29.7. The number of halogens is 4. The first-order chi connectivity index (χ1) is 20.7. The number of benzene rings is 1. The number of nitrogens with one attached hydrogen (secondary N) is 2. The number of nitrogens with zero attached hydrogens (tertiary/aromatic N) is 8. The van der Waals surface area contributed by atoms with Gasteiger partial charge in [0.15, 0.2) is 16.7 Å². The standard InChI is InChI=1S/C28H26FI3N10S/c1-16-5-6-19-25(24(16)29)37-22(35-19)15-41-12-17(10-34-41)20-11-33-27-26(36-21(14-42(20)27)28(30,31)32)38-23-9-18(39-43-23)13-40-7-3-2-4-8-40/h5-6,9-12,14H,2-4,7-8,13,15H2,1H3,(H,35,37)(H,36,38). The fourth-order valence-corrected chi connectivity index (χ4v) is 6.77. The Balaban J connectivity index is 1.18. The summed E-state index contributed by atoms with van der Waals surface area (Å²) >= 11 is 8.62. The zero-order valence-corrected chi connectivity index (χ0v) is 30.3. The SMILES string of the molecule is Cc1ccc2[nH]c(Cn3cc(-c4cnc5c(Nc6cc(CN7CCCCC7)ns6)nc(C(I)(I)I)cn45)cn3)nc2c1F. The molecule has 2 N–H and O–H groups in total. The molecule has 0 saturated carbocycles. The van der Waals surface area contributed by atoms with Gasteiger partial charge in [-0.15, -0.1) is 0 Å². The molecule has 15 heteroatoms. The van der Waals surface area contributed by atoms with Gasteiger partial charge in [0.05, 0.1) is 41.5 Å². The third-order valence-electron chi connectivity index (χ3n) is 7.49. The molecular weight excluding hydrogens is 908 g/mol. The van der Waals surface area contributed by atoms with Crippen LogP contribution in [0.5, 0.6) is 0 Å². The maximum absolute atomic E-state index is 14.5. The minimum atomic E-state index is -0.297. The van der Waals surface area contributed by atoms with E-state index in [0.29, 0.717) is 40.4 Å². The lowest BCUT2D eigenvalue weighted by Gasteiger charge is -2.25. The number of likely N-dealkylation sites (tertiary alicyclic amines) is 1. The summed E-state index contributed by atoms with van der Waals surface area (Å²) in [6.45, 7) is 5.27. The molecule has 0 amide bonds. The van der Waals surface area contributed by atoms with E-state index in [4.69, 9.17) is 14.3 Å². The molecular formula is C28H26FI3N10S. The number of aromatic nitrogens is 8. The first-order valence-electron chi connectivity index (χ1n) is 13.8. The molecule has 6 aromatic rings. The largest absolute Gasteiger partial charge is 0.340 e. The predicted octanol–water partition coefficient (Wildman–Crippen LogP) is 7.57. The van der Waals surface area contributed by atoms with E-state index in [1.807, 2.05) is 30.9 Å². The Kier molecular flexibility index (Phi) is 8.36. The summed E-state index contributed by atoms with van der Waals surface area (Å²) in [6, 6.07) is 5.72. The predicted molar refractivity (Wildman–Crippen MR) is 192 cm³/mol. The summed E-state index contributed by atoms with van der Waals surface area (Å²) < 4.78 is 22.8. The molecule has 10 nitrogen and oxygen atoms in total. The van der Waals surface area contributed by atoms with E-state index in [2.05, 4.69) is 104 Å². The number of fused-ring (bicyclic) bond motifs is 2. The van der Waals surface area contributed by atoms with Crippen LogP contribution < -0.4 is 5.32 Å². The molecule has 0 radical (unpaired) electrons. The lowest BCUT2D eigenvalue weighted by atomic mass is 10.1. The summed E-state index contributed by atoms with van der Waals surface area (Å²) in [7, 11) is 0. The molecule has 0 spiro atoms. The maximum Gasteiger partial charge on any atom is 0.180 e. The highest BCUT2D eigenvalue weighted by molar-refractivity contribution is 14.3. The van der Waals surface area contributed by atoms with Gasteiger partial charge in [0.25, 0.3) is 0 Å². The summed E-state index contributed by atoms with van der Waals surface area (Å²) in [5.41, 5.74) is 6.08. The van der Waals surface area contributed by atoms with Crippen molar-refractivity contribution in [3.05, 3.63) is 71.6 Å². The van der Waals surface area contributed by atoms with Gasteiger partial charge in [-0.25, -0.2) is 19.3 Å². The van der Waals surface area contributed by atoms with Crippen LogP contribution in [0.4, 0.5) is 15.2 Å². The number of rotatable bonds is 8. The van der Waals surface area contributed by atoms with E-state index >= 15 is 0 Å². The first-order valence-corrected chi connectivity index (χ1v) is 17.8. The van der Waals surface area contributed by atoms with Crippen LogP contribution in [0.1, 0.15) is 42.0 Å². The Morgan fingerprint density at radius 1 is 1.07 bits per heavy atom. The molecule has 1 fully saturated rings. The van der Waals surface area contributed by atoms with Gasteiger partial charge in [-0.05, 0) is 130 Å². The van der Waals surface area contributed by atoms with E-state index < -0.39 is 0 Å². The Morgan fingerprint density at radius 3 is 2.72 bits per heavy atom. The van der Waals surface area contributed by atoms with Gasteiger partial charge in [0.2, 0.25) is 0 Å². The number of aromatic amines is 1. The molecule has 222 valence electrons. The number of anilines is 2. The van der Waals surface area contributed by atoms with Crippen LogP contribution in [0.25, 0.3) is 27.9 Å². The second kappa shape index (κ2) is 12.1. The third kappa shape index (κ3) is 6.28. The molecule has 1 saturated heterocycles. The molecule has 0 bridgehead atoms. The van der Waals surface area contributed by atoms with E-state index in [9.17, 15) is 4.39 Å². The average molecular weight is 934 g/mol. The van der Waals surface area contributed by atoms with Crippen molar-refractivity contribution in [2.45, 2.75) is 38.7 Å². The summed E-state index contributed by atoms with van der Waals surface area (Å²) in [5.74, 6) is 1.02. The van der Waals surface area contributed by atoms with Crippen molar-refractivity contribution in [2.75, 3.05) is 18.4 Å². The summed E-state index contributed by atoms with van der Waals surface area (Å²) in [6.07, 6.45) is 11.5. The lowest BCUT2D eigenvalue weighted by molar-refractivity contribution is 0.219. The number of piperidine rings is 1. The molecule has 0 unspecified atom stereocenters. The topological polar surface area (TPSA) is 105 Å². The quantitative estimate of drug-likeness (QED) is 0.120. The summed E-state index contributed by atoms with van der Waals surface area (Å²) in [4.78, 5) is 19.9. The number of hydrogen-bond donors (Lipinski definition) is 2. The number of aryl methyl sites for hydroxylation is 1. The van der Waals surface area contributed by atoms with Gasteiger partial charge in [-0.3, -0.25) is 14.0 Å². The van der Waals surface area contributed by atoms with Gasteiger partial charge in [0.1, 0.15) is 16.3 Å². The number of alkyl halides is 3. The van der Waals surface area contributed by atoms with Gasteiger partial charge >= 0.3 is 0 Å². The molecule has 6 heterocycles. The number of imidazole rings is 2. The lowest BCUT2D eigenvalue weighted by Crippen LogP contribution is -2.29. The van der Waals surface area contributed by atoms with E-state index in [0.717, 1.165) is 47.3 Å². The fourth-order valence-electron chi connectivity index (χ4n) is 5.34. The molecule has 7 rings (SSSR count). The minimum Gasteiger partial charge on any atom is -0.340 e. The van der Waals surface area contributed by atoms with Gasteiger partial charge in [-0.1, -0.05) is 12.5 Å². The molecule has 0 aliphatic carbocycles. The van der Waals surface area contributed by atoms with Crippen LogP contribution in [0.2, 0.25) is 0 Å². The molecule has 1 aliphatic heterocycles. The minimum absolute atomic E-state index is 0.272. The van der Waals surface area contributed by atoms with Crippen LogP contribution in [-0.2, 0) is 12.5 Å². The fraction of sp³-hybridized carbons (Fsp3) is 0.321. The monoisotopic (exact) mass is 934 g/mol. The Morgan fingerprint density at radius 2 is 1.91 bits per heavy atom. The van der Waals surface area contributed by atoms with Gasteiger partial charge in [0, 0.05) is 24.5 Å². The third-order valence-corrected chi connectivity index (χ3v) is 9.89.